The van der Waals surface area contributed by atoms with E-state index in [4.69, 9.17) is 5.73 Å². The Bertz CT molecular complexity index is 941. The molecule has 1 unspecified atom stereocenters. The Hall–Kier alpha value is -2.48. The van der Waals surface area contributed by atoms with Crippen LogP contribution in [0, 0.1) is 5.82 Å². The van der Waals surface area contributed by atoms with Crippen molar-refractivity contribution in [2.24, 2.45) is 0 Å². The van der Waals surface area contributed by atoms with Gasteiger partial charge in [-0.3, -0.25) is 4.98 Å². The normalized spacial score (nSPS) is 12.8. The van der Waals surface area contributed by atoms with Gasteiger partial charge in [0.25, 0.3) is 0 Å². The fourth-order valence-corrected chi connectivity index (χ4v) is 3.81. The molecule has 1 atom stereocenters. The minimum Gasteiger partial charge on any atom is -0.593 e. The van der Waals surface area contributed by atoms with Crippen LogP contribution < -0.4 is 10.5 Å². The lowest BCUT2D eigenvalue weighted by Crippen LogP contribution is -2.40. The SMILES string of the molecule is CC(C)(C)N[S+]([O-])c1ccccc1-c1ccc(-c2cnc(N)cn2)cc1F. The summed E-state index contributed by atoms with van der Waals surface area (Å²) >= 11 is -1.47. The summed E-state index contributed by atoms with van der Waals surface area (Å²) in [5, 5.41) is 0. The summed E-state index contributed by atoms with van der Waals surface area (Å²) in [7, 11) is 0. The molecule has 0 radical (unpaired) electrons. The Morgan fingerprint density at radius 2 is 1.78 bits per heavy atom. The van der Waals surface area contributed by atoms with Gasteiger partial charge in [-0.05, 0) is 39.0 Å². The van der Waals surface area contributed by atoms with Gasteiger partial charge in [0.1, 0.15) is 11.6 Å². The second-order valence-electron chi connectivity index (χ2n) is 7.14. The molecule has 5 nitrogen and oxygen atoms in total. The molecule has 3 aromatic rings. The van der Waals surface area contributed by atoms with Crippen molar-refractivity contribution in [1.82, 2.24) is 14.7 Å². The second-order valence-corrected chi connectivity index (χ2v) is 8.32. The van der Waals surface area contributed by atoms with Crippen LogP contribution >= 0.6 is 0 Å². The van der Waals surface area contributed by atoms with Crippen molar-refractivity contribution in [2.45, 2.75) is 31.2 Å². The van der Waals surface area contributed by atoms with Crippen LogP contribution in [-0.2, 0) is 11.4 Å². The molecule has 140 valence electrons. The molecular weight excluding hydrogens is 363 g/mol. The molecule has 0 amide bonds. The van der Waals surface area contributed by atoms with Gasteiger partial charge >= 0.3 is 0 Å². The van der Waals surface area contributed by atoms with Crippen LogP contribution in [0.4, 0.5) is 10.2 Å². The highest BCUT2D eigenvalue weighted by Crippen LogP contribution is 2.32. The van der Waals surface area contributed by atoms with E-state index in [0.717, 1.165) is 0 Å². The molecule has 0 aliphatic carbocycles. The van der Waals surface area contributed by atoms with Crippen molar-refractivity contribution >= 4 is 17.2 Å². The average Bonchev–Trinajstić information content (AvgIpc) is 2.61. The molecule has 0 bridgehead atoms. The fourth-order valence-electron chi connectivity index (χ4n) is 2.56. The van der Waals surface area contributed by atoms with Gasteiger partial charge in [0.2, 0.25) is 0 Å². The maximum atomic E-state index is 14.9. The number of halogens is 1. The largest absolute Gasteiger partial charge is 0.593 e. The van der Waals surface area contributed by atoms with Crippen molar-refractivity contribution < 1.29 is 8.94 Å². The lowest BCUT2D eigenvalue weighted by Gasteiger charge is -2.23. The summed E-state index contributed by atoms with van der Waals surface area (Å²) in [5.41, 5.74) is 7.28. The topological polar surface area (TPSA) is 86.9 Å². The van der Waals surface area contributed by atoms with Gasteiger partial charge in [-0.15, -0.1) is 4.72 Å². The Morgan fingerprint density at radius 1 is 1.04 bits per heavy atom. The highest BCUT2D eigenvalue weighted by atomic mass is 32.2. The van der Waals surface area contributed by atoms with E-state index in [1.807, 2.05) is 20.8 Å². The standard InChI is InChI=1S/C20H21FN4OS/c1-20(2,3)25-27(26)18-7-5-4-6-15(18)14-9-8-13(10-16(14)21)17-11-24-19(22)12-23-17/h4-12,25H,1-3H3,(H2,22,24). The lowest BCUT2D eigenvalue weighted by molar-refractivity contribution is 0.491. The first-order valence-corrected chi connectivity index (χ1v) is 9.56. The van der Waals surface area contributed by atoms with Crippen molar-refractivity contribution in [3.63, 3.8) is 0 Å². The maximum Gasteiger partial charge on any atom is 0.181 e. The number of nitrogens with two attached hydrogens (primary N) is 1. The number of hydrogen-bond acceptors (Lipinski definition) is 5. The number of nitrogen functional groups attached to an aromatic ring is 1. The molecule has 3 rings (SSSR count). The van der Waals surface area contributed by atoms with Crippen LogP contribution in [0.1, 0.15) is 20.8 Å². The third-order valence-corrected chi connectivity index (χ3v) is 5.27. The predicted octanol–water partition coefficient (Wildman–Crippen LogP) is 3.94. The van der Waals surface area contributed by atoms with E-state index in [-0.39, 0.29) is 5.54 Å². The molecule has 2 aromatic carbocycles. The zero-order chi connectivity index (χ0) is 19.6. The monoisotopic (exact) mass is 384 g/mol. The number of benzene rings is 2. The van der Waals surface area contributed by atoms with Gasteiger partial charge in [-0.25, -0.2) is 9.37 Å². The van der Waals surface area contributed by atoms with E-state index in [2.05, 4.69) is 14.7 Å². The minimum atomic E-state index is -1.47. The minimum absolute atomic E-state index is 0.304. The van der Waals surface area contributed by atoms with Crippen molar-refractivity contribution in [1.29, 1.82) is 0 Å². The summed E-state index contributed by atoms with van der Waals surface area (Å²) in [5.74, 6) is -0.120. The zero-order valence-electron chi connectivity index (χ0n) is 15.4. The van der Waals surface area contributed by atoms with Gasteiger partial charge in [0.05, 0.1) is 35.0 Å². The Morgan fingerprint density at radius 3 is 2.41 bits per heavy atom. The van der Waals surface area contributed by atoms with Crippen LogP contribution in [0.25, 0.3) is 22.4 Å². The van der Waals surface area contributed by atoms with E-state index in [1.165, 1.54) is 18.5 Å². The molecule has 0 aliphatic rings. The van der Waals surface area contributed by atoms with E-state index in [0.29, 0.717) is 33.1 Å². The van der Waals surface area contributed by atoms with Crippen LogP contribution in [0.15, 0.2) is 59.8 Å². The summed E-state index contributed by atoms with van der Waals surface area (Å²) in [4.78, 5) is 8.68. The first kappa shape index (κ1) is 19.3. The number of nitrogens with one attached hydrogen (secondary N) is 1. The fraction of sp³-hybridized carbons (Fsp3) is 0.200. The Labute approximate surface area is 161 Å². The van der Waals surface area contributed by atoms with Gasteiger partial charge in [-0.2, -0.15) is 0 Å². The smallest absolute Gasteiger partial charge is 0.181 e. The van der Waals surface area contributed by atoms with Crippen LogP contribution in [-0.4, -0.2) is 20.1 Å². The van der Waals surface area contributed by atoms with Gasteiger partial charge in [0.15, 0.2) is 4.90 Å². The number of rotatable bonds is 4. The Kier molecular flexibility index (Phi) is 5.46. The first-order chi connectivity index (χ1) is 12.7. The van der Waals surface area contributed by atoms with Gasteiger partial charge < -0.3 is 10.3 Å². The number of anilines is 1. The van der Waals surface area contributed by atoms with Crippen molar-refractivity contribution in [2.75, 3.05) is 5.73 Å². The number of aromatic nitrogens is 2. The Balaban J connectivity index is 1.99. The molecule has 0 spiro atoms. The maximum absolute atomic E-state index is 14.9. The molecule has 0 fully saturated rings. The summed E-state index contributed by atoms with van der Waals surface area (Å²) < 4.78 is 30.7. The second kappa shape index (κ2) is 7.64. The van der Waals surface area contributed by atoms with Gasteiger partial charge in [0, 0.05) is 16.7 Å². The molecule has 0 aliphatic heterocycles. The quantitative estimate of drug-likeness (QED) is 0.665. The highest BCUT2D eigenvalue weighted by molar-refractivity contribution is 7.89. The molecule has 0 saturated carbocycles. The molecule has 0 saturated heterocycles. The summed E-state index contributed by atoms with van der Waals surface area (Å²) in [6, 6.07) is 11.9. The third-order valence-electron chi connectivity index (χ3n) is 3.71. The van der Waals surface area contributed by atoms with Gasteiger partial charge in [-0.1, -0.05) is 24.3 Å². The van der Waals surface area contributed by atoms with E-state index in [9.17, 15) is 8.94 Å². The van der Waals surface area contributed by atoms with E-state index in [1.54, 1.807) is 36.4 Å². The van der Waals surface area contributed by atoms with E-state index < -0.39 is 17.2 Å². The molecule has 1 heterocycles. The molecule has 1 aromatic heterocycles. The van der Waals surface area contributed by atoms with Crippen molar-refractivity contribution in [3.8, 4) is 22.4 Å². The van der Waals surface area contributed by atoms with Crippen LogP contribution in [0.5, 0.6) is 0 Å². The number of nitrogens with zero attached hydrogens (tertiary/aromatic N) is 2. The third kappa shape index (κ3) is 4.63. The average molecular weight is 384 g/mol. The predicted molar refractivity (Wildman–Crippen MR) is 107 cm³/mol. The summed E-state index contributed by atoms with van der Waals surface area (Å²) in [6.07, 6.45) is 2.93. The van der Waals surface area contributed by atoms with E-state index >= 15 is 0 Å². The zero-order valence-corrected chi connectivity index (χ0v) is 16.2. The molecule has 7 heteroatoms. The first-order valence-electron chi connectivity index (χ1n) is 8.41. The highest BCUT2D eigenvalue weighted by Gasteiger charge is 2.24. The molecule has 3 N–H and O–H groups in total. The van der Waals surface area contributed by atoms with Crippen molar-refractivity contribution in [3.05, 3.63) is 60.7 Å². The number of hydrogen-bond donors (Lipinski definition) is 2. The molecular formula is C20H21FN4OS. The summed E-state index contributed by atoms with van der Waals surface area (Å²) in [6.45, 7) is 5.78. The van der Waals surface area contributed by atoms with Crippen LogP contribution in [0.3, 0.4) is 0 Å². The lowest BCUT2D eigenvalue weighted by atomic mass is 10.0. The molecule has 27 heavy (non-hydrogen) atoms. The van der Waals surface area contributed by atoms with Crippen LogP contribution in [0.2, 0.25) is 0 Å².